The average Bonchev–Trinajstić information content (AvgIpc) is 3.54. The summed E-state index contributed by atoms with van der Waals surface area (Å²) in [4.78, 5) is 34.8. The number of hydrogen-bond donors (Lipinski definition) is 2. The fraction of sp³-hybridized carbons (Fsp3) is 0.115. The number of hydrogen-bond acceptors (Lipinski definition) is 6. The number of rotatable bonds is 6. The number of furan rings is 1. The Bertz CT molecular complexity index is 1510. The fourth-order valence-electron chi connectivity index (χ4n) is 3.70. The minimum Gasteiger partial charge on any atom is -0.463 e. The Kier molecular flexibility index (Phi) is 5.80. The van der Waals surface area contributed by atoms with Crippen LogP contribution in [0.1, 0.15) is 40.6 Å². The molecule has 9 nitrogen and oxygen atoms in total. The van der Waals surface area contributed by atoms with Crippen LogP contribution >= 0.6 is 0 Å². The van der Waals surface area contributed by atoms with Gasteiger partial charge in [-0.2, -0.15) is 5.10 Å². The number of anilines is 2. The molecule has 2 N–H and O–H groups in total. The van der Waals surface area contributed by atoms with Gasteiger partial charge in [0.1, 0.15) is 11.5 Å². The van der Waals surface area contributed by atoms with E-state index in [0.29, 0.717) is 45.1 Å². The summed E-state index contributed by atoms with van der Waals surface area (Å²) in [6, 6.07) is 17.2. The van der Waals surface area contributed by atoms with Gasteiger partial charge in [-0.05, 0) is 62.4 Å². The predicted molar refractivity (Wildman–Crippen MR) is 132 cm³/mol. The molecule has 0 fully saturated rings. The van der Waals surface area contributed by atoms with Crippen molar-refractivity contribution in [1.29, 1.82) is 0 Å². The van der Waals surface area contributed by atoms with E-state index >= 15 is 0 Å². The molecule has 5 rings (SSSR count). The smallest absolute Gasteiger partial charge is 0.256 e. The molecule has 4 heterocycles. The normalized spacial score (nSPS) is 11.1. The summed E-state index contributed by atoms with van der Waals surface area (Å²) in [6.45, 7) is 3.99. The third-order valence-electron chi connectivity index (χ3n) is 5.36. The van der Waals surface area contributed by atoms with E-state index in [0.717, 1.165) is 0 Å². The molecule has 0 unspecified atom stereocenters. The highest BCUT2D eigenvalue weighted by Crippen LogP contribution is 2.27. The van der Waals surface area contributed by atoms with Gasteiger partial charge in [0.15, 0.2) is 11.4 Å². The molecule has 0 saturated carbocycles. The lowest BCUT2D eigenvalue weighted by molar-refractivity contribution is 0.101. The maximum absolute atomic E-state index is 13.4. The monoisotopic (exact) mass is 466 g/mol. The molecule has 0 aliphatic rings. The van der Waals surface area contributed by atoms with E-state index in [2.05, 4.69) is 20.7 Å². The first-order valence-electron chi connectivity index (χ1n) is 11.1. The van der Waals surface area contributed by atoms with Crippen LogP contribution in [0.4, 0.5) is 11.5 Å². The zero-order valence-electron chi connectivity index (χ0n) is 19.1. The topological polar surface area (TPSA) is 115 Å². The second-order valence-corrected chi connectivity index (χ2v) is 8.16. The van der Waals surface area contributed by atoms with E-state index in [1.165, 1.54) is 0 Å². The number of amides is 2. The van der Waals surface area contributed by atoms with Crippen molar-refractivity contribution < 1.29 is 14.0 Å². The summed E-state index contributed by atoms with van der Waals surface area (Å²) in [5, 5.41) is 10.7. The second kappa shape index (κ2) is 9.22. The highest BCUT2D eigenvalue weighted by Gasteiger charge is 2.20. The molecule has 5 aromatic rings. The lowest BCUT2D eigenvalue weighted by Crippen LogP contribution is -2.15. The van der Waals surface area contributed by atoms with Crippen molar-refractivity contribution in [2.45, 2.75) is 19.9 Å². The average molecular weight is 467 g/mol. The number of carbonyl (C=O) groups excluding carboxylic acids is 2. The lowest BCUT2D eigenvalue weighted by atomic mass is 10.1. The van der Waals surface area contributed by atoms with Crippen LogP contribution in [-0.2, 0) is 0 Å². The van der Waals surface area contributed by atoms with Crippen molar-refractivity contribution in [2.75, 3.05) is 10.6 Å². The number of pyridine rings is 2. The molecule has 35 heavy (non-hydrogen) atoms. The minimum absolute atomic E-state index is 0.0528. The molecule has 0 bridgehead atoms. The van der Waals surface area contributed by atoms with E-state index in [9.17, 15) is 9.59 Å². The zero-order valence-corrected chi connectivity index (χ0v) is 19.1. The number of benzene rings is 1. The van der Waals surface area contributed by atoms with Crippen LogP contribution in [0.3, 0.4) is 0 Å². The highest BCUT2D eigenvalue weighted by atomic mass is 16.3. The fourth-order valence-corrected chi connectivity index (χ4v) is 3.70. The Hall–Kier alpha value is -4.79. The van der Waals surface area contributed by atoms with Gasteiger partial charge < -0.3 is 15.1 Å². The molecule has 0 aliphatic heterocycles. The van der Waals surface area contributed by atoms with Gasteiger partial charge in [0.05, 0.1) is 23.4 Å². The van der Waals surface area contributed by atoms with Gasteiger partial charge in [-0.15, -0.1) is 0 Å². The van der Waals surface area contributed by atoms with E-state index in [-0.39, 0.29) is 17.9 Å². The van der Waals surface area contributed by atoms with E-state index in [1.54, 1.807) is 84.0 Å². The Morgan fingerprint density at radius 2 is 1.86 bits per heavy atom. The third kappa shape index (κ3) is 4.51. The molecule has 174 valence electrons. The summed E-state index contributed by atoms with van der Waals surface area (Å²) >= 11 is 0. The first-order chi connectivity index (χ1) is 17.0. The first kappa shape index (κ1) is 22.0. The van der Waals surface area contributed by atoms with Gasteiger partial charge in [0.2, 0.25) is 0 Å². The number of fused-ring (bicyclic) bond motifs is 1. The largest absolute Gasteiger partial charge is 0.463 e. The van der Waals surface area contributed by atoms with Crippen LogP contribution in [-0.4, -0.2) is 31.6 Å². The van der Waals surface area contributed by atoms with Crippen molar-refractivity contribution in [3.63, 3.8) is 0 Å². The van der Waals surface area contributed by atoms with Gasteiger partial charge in [-0.25, -0.2) is 14.6 Å². The van der Waals surface area contributed by atoms with E-state index in [4.69, 9.17) is 9.40 Å². The van der Waals surface area contributed by atoms with Gasteiger partial charge in [-0.1, -0.05) is 12.1 Å². The Balaban J connectivity index is 1.46. The number of nitrogens with one attached hydrogen (secondary N) is 2. The maximum atomic E-state index is 13.4. The Morgan fingerprint density at radius 1 is 0.971 bits per heavy atom. The van der Waals surface area contributed by atoms with Crippen molar-refractivity contribution in [1.82, 2.24) is 19.7 Å². The summed E-state index contributed by atoms with van der Waals surface area (Å²) in [5.41, 5.74) is 2.37. The van der Waals surface area contributed by atoms with Crippen LogP contribution < -0.4 is 10.6 Å². The number of nitrogens with zero attached hydrogens (tertiary/aromatic N) is 4. The second-order valence-electron chi connectivity index (χ2n) is 8.16. The van der Waals surface area contributed by atoms with Gasteiger partial charge in [0, 0.05) is 23.5 Å². The summed E-state index contributed by atoms with van der Waals surface area (Å²) in [6.07, 6.45) is 4.79. The van der Waals surface area contributed by atoms with Crippen molar-refractivity contribution >= 4 is 34.4 Å². The van der Waals surface area contributed by atoms with E-state index in [1.807, 2.05) is 13.8 Å². The highest BCUT2D eigenvalue weighted by molar-refractivity contribution is 6.13. The summed E-state index contributed by atoms with van der Waals surface area (Å²) in [7, 11) is 0. The Labute approximate surface area is 200 Å². The summed E-state index contributed by atoms with van der Waals surface area (Å²) < 4.78 is 7.28. The van der Waals surface area contributed by atoms with Gasteiger partial charge in [-0.3, -0.25) is 9.59 Å². The molecule has 1 aromatic carbocycles. The first-order valence-corrected chi connectivity index (χ1v) is 11.1. The molecule has 0 saturated heterocycles. The number of aromatic nitrogens is 4. The van der Waals surface area contributed by atoms with Crippen molar-refractivity contribution in [2.24, 2.45) is 0 Å². The Morgan fingerprint density at radius 3 is 2.60 bits per heavy atom. The molecule has 9 heteroatoms. The van der Waals surface area contributed by atoms with E-state index < -0.39 is 0 Å². The lowest BCUT2D eigenvalue weighted by Gasteiger charge is -2.11. The molecule has 0 aliphatic carbocycles. The van der Waals surface area contributed by atoms with Gasteiger partial charge >= 0.3 is 0 Å². The molecule has 0 atom stereocenters. The molecule has 0 spiro atoms. The molecule has 4 aromatic heterocycles. The minimum atomic E-state index is -0.351. The van der Waals surface area contributed by atoms with Crippen LogP contribution in [0, 0.1) is 0 Å². The summed E-state index contributed by atoms with van der Waals surface area (Å²) in [5.74, 6) is 0.310. The van der Waals surface area contributed by atoms with Crippen LogP contribution in [0.5, 0.6) is 0 Å². The molecular formula is C26H22N6O3. The SMILES string of the molecule is CC(C)n1ncc2c(C(=O)Nc3cccc(C(=O)Nc4ccccn4)c3)cc(-c3ccco3)nc21. The van der Waals surface area contributed by atoms with Crippen LogP contribution in [0.25, 0.3) is 22.5 Å². The zero-order chi connectivity index (χ0) is 24.4. The van der Waals surface area contributed by atoms with Crippen LogP contribution in [0.15, 0.2) is 83.7 Å². The third-order valence-corrected chi connectivity index (χ3v) is 5.36. The van der Waals surface area contributed by atoms with Crippen molar-refractivity contribution in [3.8, 4) is 11.5 Å². The molecule has 0 radical (unpaired) electrons. The van der Waals surface area contributed by atoms with Crippen molar-refractivity contribution in [3.05, 3.63) is 90.4 Å². The van der Waals surface area contributed by atoms with Gasteiger partial charge in [0.25, 0.3) is 11.8 Å². The standard InChI is InChI=1S/C26H22N6O3/c1-16(2)32-24-20(15-28-32)19(14-21(30-24)22-9-6-12-35-22)26(34)29-18-8-5-7-17(13-18)25(33)31-23-10-3-4-11-27-23/h3-16H,1-2H3,(H,29,34)(H,27,31,33). The maximum Gasteiger partial charge on any atom is 0.256 e. The molecular weight excluding hydrogens is 444 g/mol. The van der Waals surface area contributed by atoms with Crippen LogP contribution in [0.2, 0.25) is 0 Å². The number of carbonyl (C=O) groups is 2. The predicted octanol–water partition coefficient (Wildman–Crippen LogP) is 5.17. The quantitative estimate of drug-likeness (QED) is 0.357. The molecule has 2 amide bonds.